The molecule has 4 N–H and O–H groups in total. The van der Waals surface area contributed by atoms with E-state index in [0.717, 1.165) is 6.42 Å². The number of nitrogens with one attached hydrogen (secondary N) is 2. The molecule has 2 rings (SSSR count). The summed E-state index contributed by atoms with van der Waals surface area (Å²) in [6.07, 6.45) is 10.1. The fourth-order valence-corrected chi connectivity index (χ4v) is 2.88. The molecule has 0 radical (unpaired) electrons. The van der Waals surface area contributed by atoms with E-state index >= 15 is 0 Å². The van der Waals surface area contributed by atoms with Crippen molar-refractivity contribution in [2.24, 2.45) is 11.8 Å². The van der Waals surface area contributed by atoms with Gasteiger partial charge in [-0.3, -0.25) is 9.78 Å². The first kappa shape index (κ1) is 14.7. The van der Waals surface area contributed by atoms with Crippen molar-refractivity contribution in [3.05, 3.63) is 18.1 Å². The van der Waals surface area contributed by atoms with Gasteiger partial charge in [-0.25, -0.2) is 10.8 Å². The molecule has 1 unspecified atom stereocenters. The van der Waals surface area contributed by atoms with Crippen LogP contribution in [0.2, 0.25) is 0 Å². The monoisotopic (exact) mass is 277 g/mol. The molecular weight excluding hydrogens is 254 g/mol. The van der Waals surface area contributed by atoms with Crippen LogP contribution in [0.3, 0.4) is 0 Å². The lowest BCUT2D eigenvalue weighted by Gasteiger charge is -2.30. The van der Waals surface area contributed by atoms with E-state index in [9.17, 15) is 4.79 Å². The molecule has 1 fully saturated rings. The maximum atomic E-state index is 12.2. The number of carbonyl (C=O) groups is 1. The Labute approximate surface area is 119 Å². The lowest BCUT2D eigenvalue weighted by Crippen LogP contribution is -2.41. The summed E-state index contributed by atoms with van der Waals surface area (Å²) in [6, 6.07) is 0.221. The zero-order chi connectivity index (χ0) is 14.4. The number of rotatable bonds is 5. The molecule has 1 aliphatic carbocycles. The number of amides is 1. The molecule has 110 valence electrons. The molecule has 1 amide bonds. The second-order valence-electron chi connectivity index (χ2n) is 5.32. The SMILES string of the molecule is CCC(NC(=O)c1cncc(NN)n1)C1CCCCC1. The van der Waals surface area contributed by atoms with Gasteiger partial charge in [0.25, 0.3) is 5.91 Å². The molecule has 6 nitrogen and oxygen atoms in total. The van der Waals surface area contributed by atoms with Crippen molar-refractivity contribution in [1.29, 1.82) is 0 Å². The fraction of sp³-hybridized carbons (Fsp3) is 0.643. The second-order valence-corrected chi connectivity index (χ2v) is 5.32. The average molecular weight is 277 g/mol. The number of nitrogens with zero attached hydrogens (tertiary/aromatic N) is 2. The van der Waals surface area contributed by atoms with Gasteiger partial charge in [0.1, 0.15) is 5.69 Å². The lowest BCUT2D eigenvalue weighted by atomic mass is 9.83. The van der Waals surface area contributed by atoms with E-state index < -0.39 is 0 Å². The highest BCUT2D eigenvalue weighted by molar-refractivity contribution is 5.92. The van der Waals surface area contributed by atoms with E-state index in [1.807, 2.05) is 0 Å². The van der Waals surface area contributed by atoms with Gasteiger partial charge in [0.2, 0.25) is 0 Å². The summed E-state index contributed by atoms with van der Waals surface area (Å²) < 4.78 is 0. The summed E-state index contributed by atoms with van der Waals surface area (Å²) in [5.41, 5.74) is 2.70. The Morgan fingerprint density at radius 3 is 2.80 bits per heavy atom. The fourth-order valence-electron chi connectivity index (χ4n) is 2.88. The summed E-state index contributed by atoms with van der Waals surface area (Å²) >= 11 is 0. The summed E-state index contributed by atoms with van der Waals surface area (Å²) in [7, 11) is 0. The first-order valence-electron chi connectivity index (χ1n) is 7.34. The van der Waals surface area contributed by atoms with Crippen molar-refractivity contribution in [2.45, 2.75) is 51.5 Å². The lowest BCUT2D eigenvalue weighted by molar-refractivity contribution is 0.0906. The number of aromatic nitrogens is 2. The van der Waals surface area contributed by atoms with Gasteiger partial charge in [-0.2, -0.15) is 0 Å². The molecule has 6 heteroatoms. The molecule has 1 aromatic rings. The second kappa shape index (κ2) is 7.19. The Hall–Kier alpha value is -1.69. The highest BCUT2D eigenvalue weighted by atomic mass is 16.2. The number of nitrogens with two attached hydrogens (primary N) is 1. The predicted molar refractivity (Wildman–Crippen MR) is 78.0 cm³/mol. The number of carbonyl (C=O) groups excluding carboxylic acids is 1. The first-order chi connectivity index (χ1) is 9.74. The molecule has 0 bridgehead atoms. The third-order valence-electron chi connectivity index (χ3n) is 3.99. The van der Waals surface area contributed by atoms with Crippen LogP contribution in [0.5, 0.6) is 0 Å². The van der Waals surface area contributed by atoms with E-state index in [0.29, 0.717) is 17.4 Å². The Morgan fingerprint density at radius 2 is 2.15 bits per heavy atom. The highest BCUT2D eigenvalue weighted by Crippen LogP contribution is 2.27. The molecule has 1 aromatic heterocycles. The molecule has 0 saturated heterocycles. The molecule has 1 atom stereocenters. The molecule has 20 heavy (non-hydrogen) atoms. The van der Waals surface area contributed by atoms with Gasteiger partial charge >= 0.3 is 0 Å². The van der Waals surface area contributed by atoms with E-state index in [1.54, 1.807) is 0 Å². The van der Waals surface area contributed by atoms with Crippen molar-refractivity contribution in [3.8, 4) is 0 Å². The van der Waals surface area contributed by atoms with Crippen LogP contribution in [-0.4, -0.2) is 21.9 Å². The minimum Gasteiger partial charge on any atom is -0.348 e. The molecule has 0 aliphatic heterocycles. The largest absolute Gasteiger partial charge is 0.348 e. The normalized spacial score (nSPS) is 17.5. The van der Waals surface area contributed by atoms with Gasteiger partial charge in [0, 0.05) is 6.04 Å². The van der Waals surface area contributed by atoms with Gasteiger partial charge < -0.3 is 10.7 Å². The van der Waals surface area contributed by atoms with Gasteiger partial charge in [0.15, 0.2) is 5.82 Å². The van der Waals surface area contributed by atoms with Crippen molar-refractivity contribution in [2.75, 3.05) is 5.43 Å². The summed E-state index contributed by atoms with van der Waals surface area (Å²) in [5.74, 6) is 6.08. The molecule has 1 heterocycles. The minimum atomic E-state index is -0.174. The van der Waals surface area contributed by atoms with Crippen LogP contribution in [0, 0.1) is 5.92 Å². The maximum absolute atomic E-state index is 12.2. The highest BCUT2D eigenvalue weighted by Gasteiger charge is 2.24. The van der Waals surface area contributed by atoms with Crippen LogP contribution in [0.1, 0.15) is 55.9 Å². The molecule has 0 aromatic carbocycles. The molecule has 1 saturated carbocycles. The maximum Gasteiger partial charge on any atom is 0.271 e. The van der Waals surface area contributed by atoms with Crippen molar-refractivity contribution in [1.82, 2.24) is 15.3 Å². The zero-order valence-corrected chi connectivity index (χ0v) is 11.9. The van der Waals surface area contributed by atoms with Crippen LogP contribution in [-0.2, 0) is 0 Å². The van der Waals surface area contributed by atoms with Crippen LogP contribution in [0.15, 0.2) is 12.4 Å². The third-order valence-corrected chi connectivity index (χ3v) is 3.99. The van der Waals surface area contributed by atoms with E-state index in [-0.39, 0.29) is 11.9 Å². The number of hydrogen-bond donors (Lipinski definition) is 3. The van der Waals surface area contributed by atoms with Crippen molar-refractivity contribution in [3.63, 3.8) is 0 Å². The predicted octanol–water partition coefficient (Wildman–Crippen LogP) is 1.85. The zero-order valence-electron chi connectivity index (χ0n) is 11.9. The topological polar surface area (TPSA) is 92.9 Å². The van der Waals surface area contributed by atoms with E-state index in [4.69, 9.17) is 5.84 Å². The average Bonchev–Trinajstić information content (AvgIpc) is 2.53. The number of anilines is 1. The van der Waals surface area contributed by atoms with E-state index in [1.165, 1.54) is 44.5 Å². The molecule has 0 spiro atoms. The number of hydrazine groups is 1. The number of hydrogen-bond acceptors (Lipinski definition) is 5. The van der Waals surface area contributed by atoms with Gasteiger partial charge in [0.05, 0.1) is 12.4 Å². The Bertz CT molecular complexity index is 445. The summed E-state index contributed by atoms with van der Waals surface area (Å²) in [5, 5.41) is 3.09. The van der Waals surface area contributed by atoms with Crippen LogP contribution in [0.4, 0.5) is 5.82 Å². The standard InChI is InChI=1S/C14H23N5O/c1-2-11(10-6-4-3-5-7-10)18-14(20)12-8-16-9-13(17-12)19-15/h8-11H,2-7,15H2,1H3,(H,17,19)(H,18,20). The minimum absolute atomic E-state index is 0.174. The van der Waals surface area contributed by atoms with Crippen molar-refractivity contribution >= 4 is 11.7 Å². The van der Waals surface area contributed by atoms with E-state index in [2.05, 4.69) is 27.6 Å². The van der Waals surface area contributed by atoms with Crippen LogP contribution in [0.25, 0.3) is 0 Å². The Kier molecular flexibility index (Phi) is 5.29. The van der Waals surface area contributed by atoms with Gasteiger partial charge in [-0.1, -0.05) is 26.2 Å². The van der Waals surface area contributed by atoms with Gasteiger partial charge in [-0.15, -0.1) is 0 Å². The van der Waals surface area contributed by atoms with Gasteiger partial charge in [-0.05, 0) is 25.2 Å². The van der Waals surface area contributed by atoms with Crippen LogP contribution >= 0.6 is 0 Å². The number of nitrogen functional groups attached to an aromatic ring is 1. The molecular formula is C14H23N5O. The third kappa shape index (κ3) is 3.66. The van der Waals surface area contributed by atoms with Crippen molar-refractivity contribution < 1.29 is 4.79 Å². The smallest absolute Gasteiger partial charge is 0.271 e. The van der Waals surface area contributed by atoms with Crippen LogP contribution < -0.4 is 16.6 Å². The summed E-state index contributed by atoms with van der Waals surface area (Å²) in [6.45, 7) is 2.11. The Balaban J connectivity index is 2.00. The quantitative estimate of drug-likeness (QED) is 0.564. The summed E-state index contributed by atoms with van der Waals surface area (Å²) in [4.78, 5) is 20.3. The first-order valence-corrected chi connectivity index (χ1v) is 7.34. The molecule has 1 aliphatic rings. The Morgan fingerprint density at radius 1 is 1.40 bits per heavy atom.